The number of fused-ring (bicyclic) bond motifs is 2. The number of hydrogen-bond acceptors (Lipinski definition) is 11. The van der Waals surface area contributed by atoms with Gasteiger partial charge in [-0.15, -0.1) is 0 Å². The van der Waals surface area contributed by atoms with Gasteiger partial charge in [0.2, 0.25) is 0 Å². The zero-order chi connectivity index (χ0) is 44.8. The second-order valence-electron chi connectivity index (χ2n) is 17.6. The van der Waals surface area contributed by atoms with E-state index in [2.05, 4.69) is 55.6 Å². The zero-order valence-electron chi connectivity index (χ0n) is 35.5. The number of pyridine rings is 1. The molecule has 0 spiro atoms. The Balaban J connectivity index is 0.977. The third-order valence-electron chi connectivity index (χ3n) is 12.6. The summed E-state index contributed by atoms with van der Waals surface area (Å²) in [5.41, 5.74) is 4.77. The number of nitro benzene ring substituents is 1. The summed E-state index contributed by atoms with van der Waals surface area (Å²) in [6.07, 6.45) is 6.63. The van der Waals surface area contributed by atoms with E-state index in [-0.39, 0.29) is 42.8 Å². The van der Waals surface area contributed by atoms with Crippen molar-refractivity contribution in [3.8, 4) is 11.4 Å². The zero-order valence-corrected chi connectivity index (χ0v) is 37.1. The summed E-state index contributed by atoms with van der Waals surface area (Å²) in [4.78, 5) is 37.4. The molecular weight excluding hydrogens is 863 g/mol. The van der Waals surface area contributed by atoms with Gasteiger partial charge in [0.05, 0.1) is 32.8 Å². The number of allylic oxidation sites excluding steroid dienone is 1. The number of nitrogens with zero attached hydrogens (tertiary/aromatic N) is 6. The van der Waals surface area contributed by atoms with Crippen molar-refractivity contribution >= 4 is 66.5 Å². The number of benzene rings is 3. The predicted molar refractivity (Wildman–Crippen MR) is 243 cm³/mol. The third kappa shape index (κ3) is 9.07. The molecule has 0 bridgehead atoms. The van der Waals surface area contributed by atoms with Crippen LogP contribution in [0, 0.1) is 15.5 Å². The number of halogens is 2. The van der Waals surface area contributed by atoms with Crippen LogP contribution in [-0.2, 0) is 14.8 Å². The van der Waals surface area contributed by atoms with E-state index in [1.54, 1.807) is 29.2 Å². The SMILES string of the molecule is CC1(C)CCC(CN2CCN(c3ccc(C(=O)NS(=O)(=O)c4ccc(OCC5(F)CCOCC5)c([N+](=O)[O-])c4)c(-n4ncc5nc6[nH]ccc6cc54)c3)CC2)=C(c2ccc(Cl)cc2)C1. The molecule has 2 fully saturated rings. The van der Waals surface area contributed by atoms with Gasteiger partial charge in [-0.05, 0) is 90.4 Å². The number of rotatable bonds is 12. The van der Waals surface area contributed by atoms with Crippen molar-refractivity contribution in [1.29, 1.82) is 0 Å². The van der Waals surface area contributed by atoms with E-state index in [4.69, 9.17) is 21.1 Å². The van der Waals surface area contributed by atoms with Crippen LogP contribution >= 0.6 is 11.6 Å². The number of anilines is 1. The van der Waals surface area contributed by atoms with E-state index in [0.717, 1.165) is 73.2 Å². The van der Waals surface area contributed by atoms with Gasteiger partial charge in [0.25, 0.3) is 15.9 Å². The molecule has 6 aromatic rings. The van der Waals surface area contributed by atoms with Gasteiger partial charge in [-0.1, -0.05) is 43.2 Å². The van der Waals surface area contributed by atoms with Crippen molar-refractivity contribution in [2.75, 3.05) is 57.4 Å². The molecule has 0 atom stereocenters. The van der Waals surface area contributed by atoms with Crippen LogP contribution in [0.1, 0.15) is 61.9 Å². The van der Waals surface area contributed by atoms with Crippen molar-refractivity contribution in [1.82, 2.24) is 29.4 Å². The highest BCUT2D eigenvalue weighted by Gasteiger charge is 2.35. The maximum atomic E-state index is 15.2. The number of sulfonamides is 1. The Hall–Kier alpha value is -5.88. The highest BCUT2D eigenvalue weighted by molar-refractivity contribution is 7.90. The third-order valence-corrected chi connectivity index (χ3v) is 14.2. The van der Waals surface area contributed by atoms with Gasteiger partial charge >= 0.3 is 5.69 Å². The summed E-state index contributed by atoms with van der Waals surface area (Å²) >= 11 is 6.25. The number of alkyl halides is 1. The Morgan fingerprint density at radius 1 is 1.02 bits per heavy atom. The first-order valence-corrected chi connectivity index (χ1v) is 23.2. The first kappa shape index (κ1) is 43.4. The number of carbonyl (C=O) groups excluding carboxylic acids is 1. The highest BCUT2D eigenvalue weighted by Crippen LogP contribution is 2.43. The Kier molecular flexibility index (Phi) is 11.7. The molecule has 0 radical (unpaired) electrons. The molecule has 1 aliphatic carbocycles. The number of aromatic nitrogens is 4. The fourth-order valence-corrected chi connectivity index (χ4v) is 9.96. The smallest absolute Gasteiger partial charge is 0.312 e. The van der Waals surface area contributed by atoms with Crippen LogP contribution in [0.2, 0.25) is 5.02 Å². The standard InChI is InChI=1S/C46H48ClFN8O7S/c1-45(2)13-11-32(37(26-45)30-3-5-33(47)6-4-30)28-53-17-19-54(20-18-53)34-7-9-36(39(24-34)55-40-23-31-12-16-49-43(31)51-38(40)27-50-55)44(57)52-64(60,61)35-8-10-42(41(25-35)56(58)59)63-29-46(48)14-21-62-22-15-46/h3-10,12,16,23-25,27H,11,13-15,17-22,26,28-29H2,1-2H3,(H,49,51)(H,52,57). The average molecular weight is 911 g/mol. The van der Waals surface area contributed by atoms with Crippen molar-refractivity contribution < 1.29 is 32.0 Å². The molecule has 0 unspecified atom stereocenters. The molecule has 2 aliphatic heterocycles. The van der Waals surface area contributed by atoms with E-state index in [0.29, 0.717) is 35.5 Å². The number of piperazine rings is 1. The largest absolute Gasteiger partial charge is 0.483 e. The molecule has 334 valence electrons. The minimum atomic E-state index is -4.68. The van der Waals surface area contributed by atoms with Crippen molar-refractivity contribution in [3.05, 3.63) is 117 Å². The number of ether oxygens (including phenoxy) is 2. The molecule has 9 rings (SSSR count). The minimum absolute atomic E-state index is 0.00817. The molecule has 15 nitrogen and oxygen atoms in total. The summed E-state index contributed by atoms with van der Waals surface area (Å²) < 4.78 is 57.2. The molecule has 3 aromatic carbocycles. The maximum Gasteiger partial charge on any atom is 0.312 e. The summed E-state index contributed by atoms with van der Waals surface area (Å²) in [7, 11) is -4.68. The molecule has 64 heavy (non-hydrogen) atoms. The Morgan fingerprint density at radius 3 is 2.53 bits per heavy atom. The van der Waals surface area contributed by atoms with Gasteiger partial charge in [-0.3, -0.25) is 19.8 Å². The van der Waals surface area contributed by atoms with Crippen LogP contribution in [0.25, 0.3) is 33.3 Å². The number of aromatic amines is 1. The normalized spacial score (nSPS) is 18.1. The number of nitro groups is 1. The van der Waals surface area contributed by atoms with Gasteiger partial charge < -0.3 is 19.4 Å². The second kappa shape index (κ2) is 17.3. The van der Waals surface area contributed by atoms with Crippen LogP contribution in [0.5, 0.6) is 5.75 Å². The van der Waals surface area contributed by atoms with E-state index >= 15 is 4.39 Å². The van der Waals surface area contributed by atoms with Gasteiger partial charge in [0.1, 0.15) is 23.4 Å². The van der Waals surface area contributed by atoms with Crippen LogP contribution in [0.15, 0.2) is 95.7 Å². The number of hydrogen-bond donors (Lipinski definition) is 2. The second-order valence-corrected chi connectivity index (χ2v) is 19.8. The van der Waals surface area contributed by atoms with Crippen molar-refractivity contribution in [2.24, 2.45) is 5.41 Å². The number of carbonyl (C=O) groups is 1. The van der Waals surface area contributed by atoms with E-state index < -0.39 is 43.7 Å². The summed E-state index contributed by atoms with van der Waals surface area (Å²) in [6.45, 7) is 8.45. The van der Waals surface area contributed by atoms with Crippen LogP contribution in [0.4, 0.5) is 15.8 Å². The lowest BCUT2D eigenvalue weighted by Gasteiger charge is -2.39. The highest BCUT2D eigenvalue weighted by atomic mass is 35.5. The van der Waals surface area contributed by atoms with E-state index in [1.807, 2.05) is 30.3 Å². The van der Waals surface area contributed by atoms with E-state index in [1.165, 1.54) is 16.7 Å². The minimum Gasteiger partial charge on any atom is -0.483 e. The molecule has 0 saturated carbocycles. The average Bonchev–Trinajstić information content (AvgIpc) is 3.92. The van der Waals surface area contributed by atoms with Gasteiger partial charge in [-0.2, -0.15) is 5.10 Å². The van der Waals surface area contributed by atoms with Crippen LogP contribution < -0.4 is 14.4 Å². The lowest BCUT2D eigenvalue weighted by molar-refractivity contribution is -0.386. The molecule has 18 heteroatoms. The molecule has 5 heterocycles. The molecule has 2 N–H and O–H groups in total. The molecule has 3 aliphatic rings. The van der Waals surface area contributed by atoms with Crippen LogP contribution in [-0.4, -0.2) is 102 Å². The predicted octanol–water partition coefficient (Wildman–Crippen LogP) is 8.27. The lowest BCUT2D eigenvalue weighted by Crippen LogP contribution is -2.47. The first-order valence-electron chi connectivity index (χ1n) is 21.3. The van der Waals surface area contributed by atoms with Crippen LogP contribution in [0.3, 0.4) is 0 Å². The monoisotopic (exact) mass is 910 g/mol. The fourth-order valence-electron chi connectivity index (χ4n) is 8.85. The van der Waals surface area contributed by atoms with Gasteiger partial charge in [0.15, 0.2) is 5.75 Å². The quantitative estimate of drug-likeness (QED) is 0.0893. The van der Waals surface area contributed by atoms with E-state index in [9.17, 15) is 23.3 Å². The lowest BCUT2D eigenvalue weighted by atomic mass is 9.72. The maximum absolute atomic E-state index is 15.2. The van der Waals surface area contributed by atoms with Crippen molar-refractivity contribution in [2.45, 2.75) is 56.5 Å². The number of amides is 1. The molecule has 1 amide bonds. The Morgan fingerprint density at radius 2 is 1.78 bits per heavy atom. The first-order chi connectivity index (χ1) is 30.6. The van der Waals surface area contributed by atoms with Gasteiger partial charge in [-0.25, -0.2) is 27.2 Å². The van der Waals surface area contributed by atoms with Crippen molar-refractivity contribution in [3.63, 3.8) is 0 Å². The Bertz CT molecular complexity index is 2900. The molecular formula is C46H48ClFN8O7S. The molecule has 3 aromatic heterocycles. The topological polar surface area (TPSA) is 178 Å². The summed E-state index contributed by atoms with van der Waals surface area (Å²) in [5.74, 6) is -1.28. The van der Waals surface area contributed by atoms with Gasteiger partial charge in [0, 0.05) is 87.1 Å². The number of nitrogens with one attached hydrogen (secondary N) is 2. The number of H-pyrrole nitrogens is 1. The fraction of sp³-hybridized carbons (Fsp3) is 0.370. The summed E-state index contributed by atoms with van der Waals surface area (Å²) in [6, 6.07) is 20.0. The summed E-state index contributed by atoms with van der Waals surface area (Å²) in [5, 5.41) is 18.2. The molecule has 2 saturated heterocycles. The Labute approximate surface area is 374 Å².